The average Bonchev–Trinajstić information content (AvgIpc) is 2.71. The highest BCUT2D eigenvalue weighted by molar-refractivity contribution is 5.94. The number of amides is 1. The number of nitrogens with one attached hydrogen (secondary N) is 1. The minimum Gasteiger partial charge on any atom is -0.496 e. The predicted octanol–water partition coefficient (Wildman–Crippen LogP) is 2.92. The van der Waals surface area contributed by atoms with Gasteiger partial charge in [-0.25, -0.2) is 9.18 Å². The van der Waals surface area contributed by atoms with E-state index in [4.69, 9.17) is 9.47 Å². The second-order valence-electron chi connectivity index (χ2n) is 6.80. The minimum atomic E-state index is -1.04. The highest BCUT2D eigenvalue weighted by Gasteiger charge is 2.20. The minimum absolute atomic E-state index is 0.150. The molecule has 1 amide bonds. The third-order valence-electron chi connectivity index (χ3n) is 4.08. The number of rotatable bonds is 8. The summed E-state index contributed by atoms with van der Waals surface area (Å²) >= 11 is 0. The molecule has 2 N–H and O–H groups in total. The zero-order valence-corrected chi connectivity index (χ0v) is 17.1. The van der Waals surface area contributed by atoms with Crippen LogP contribution in [0.25, 0.3) is 0 Å². The second kappa shape index (κ2) is 11.0. The van der Waals surface area contributed by atoms with Crippen molar-refractivity contribution in [2.24, 2.45) is 0 Å². The van der Waals surface area contributed by atoms with E-state index in [0.29, 0.717) is 16.9 Å². The van der Waals surface area contributed by atoms with Crippen LogP contribution in [0.5, 0.6) is 5.75 Å². The quantitative estimate of drug-likeness (QED) is 0.650. The summed E-state index contributed by atoms with van der Waals surface area (Å²) < 4.78 is 23.7. The molecule has 30 heavy (non-hydrogen) atoms. The highest BCUT2D eigenvalue weighted by atomic mass is 19.1. The number of carbonyl (C=O) groups is 2. The molecule has 2 aromatic carbocycles. The maximum absolute atomic E-state index is 12.9. The van der Waals surface area contributed by atoms with Gasteiger partial charge in [0, 0.05) is 30.0 Å². The van der Waals surface area contributed by atoms with Gasteiger partial charge < -0.3 is 19.9 Å². The Morgan fingerprint density at radius 1 is 1.17 bits per heavy atom. The maximum atomic E-state index is 12.9. The number of hydrogen-bond donors (Lipinski definition) is 2. The molecule has 0 spiro atoms. The van der Waals surface area contributed by atoms with Gasteiger partial charge in [-0.15, -0.1) is 0 Å². The molecule has 0 saturated carbocycles. The van der Waals surface area contributed by atoms with Crippen LogP contribution in [-0.2, 0) is 27.3 Å². The van der Waals surface area contributed by atoms with E-state index >= 15 is 0 Å². The van der Waals surface area contributed by atoms with E-state index in [2.05, 4.69) is 17.2 Å². The fourth-order valence-corrected chi connectivity index (χ4v) is 2.72. The number of hydrogen-bond acceptors (Lipinski definition) is 4. The van der Waals surface area contributed by atoms with Crippen LogP contribution >= 0.6 is 0 Å². The van der Waals surface area contributed by atoms with Crippen molar-refractivity contribution in [3.05, 3.63) is 65.0 Å². The molecule has 7 heteroatoms. The molecule has 1 atom stereocenters. The first-order valence-corrected chi connectivity index (χ1v) is 9.38. The van der Waals surface area contributed by atoms with E-state index in [1.54, 1.807) is 32.0 Å². The predicted molar refractivity (Wildman–Crippen MR) is 109 cm³/mol. The first-order valence-electron chi connectivity index (χ1n) is 9.38. The number of ether oxygens (including phenoxy) is 2. The van der Waals surface area contributed by atoms with Crippen LogP contribution in [0.4, 0.5) is 4.39 Å². The van der Waals surface area contributed by atoms with Gasteiger partial charge in [0.05, 0.1) is 13.2 Å². The number of carboxylic acid groups (broad SMARTS) is 1. The molecule has 0 heterocycles. The third kappa shape index (κ3) is 7.22. The van der Waals surface area contributed by atoms with E-state index in [-0.39, 0.29) is 24.9 Å². The van der Waals surface area contributed by atoms with Gasteiger partial charge in [0.2, 0.25) is 0 Å². The molecule has 0 aliphatic heterocycles. The van der Waals surface area contributed by atoms with Crippen LogP contribution in [0.2, 0.25) is 0 Å². The smallest absolute Gasteiger partial charge is 0.333 e. The van der Waals surface area contributed by atoms with Gasteiger partial charge in [0.15, 0.2) is 6.10 Å². The fourth-order valence-electron chi connectivity index (χ4n) is 2.72. The standard InChI is InChI=1S/C23H24FNO5/c1-15(2)30-21(23(27)28)13-17-6-10-20(29-3)18(12-17)14-25-22(26)11-7-16-4-8-19(24)9-5-16/h4-6,8-10,12,15,21H,13-14H2,1-3H3,(H,25,26)(H,27,28). The van der Waals surface area contributed by atoms with Gasteiger partial charge in [-0.05, 0) is 49.7 Å². The van der Waals surface area contributed by atoms with Crippen molar-refractivity contribution in [2.45, 2.75) is 39.0 Å². The molecular weight excluding hydrogens is 389 g/mol. The summed E-state index contributed by atoms with van der Waals surface area (Å²) in [6.45, 7) is 3.70. The van der Waals surface area contributed by atoms with Crippen molar-refractivity contribution in [3.63, 3.8) is 0 Å². The average molecular weight is 413 g/mol. The Morgan fingerprint density at radius 3 is 2.47 bits per heavy atom. The molecule has 0 aromatic heterocycles. The first kappa shape index (κ1) is 22.9. The third-order valence-corrected chi connectivity index (χ3v) is 4.08. The highest BCUT2D eigenvalue weighted by Crippen LogP contribution is 2.21. The Labute approximate surface area is 175 Å². The lowest BCUT2D eigenvalue weighted by molar-refractivity contribution is -0.153. The van der Waals surface area contributed by atoms with Crippen molar-refractivity contribution in [1.82, 2.24) is 5.32 Å². The number of benzene rings is 2. The lowest BCUT2D eigenvalue weighted by Gasteiger charge is -2.17. The van der Waals surface area contributed by atoms with Gasteiger partial charge >= 0.3 is 5.97 Å². The molecule has 0 fully saturated rings. The van der Waals surface area contributed by atoms with E-state index in [1.165, 1.54) is 31.4 Å². The summed E-state index contributed by atoms with van der Waals surface area (Å²) in [5, 5.41) is 12.0. The van der Waals surface area contributed by atoms with Gasteiger partial charge in [-0.1, -0.05) is 18.1 Å². The summed E-state index contributed by atoms with van der Waals surface area (Å²) in [6, 6.07) is 10.8. The van der Waals surface area contributed by atoms with Crippen LogP contribution in [0.1, 0.15) is 30.5 Å². The summed E-state index contributed by atoms with van der Waals surface area (Å²) in [5.74, 6) is 3.76. The van der Waals surface area contributed by atoms with Gasteiger partial charge in [-0.2, -0.15) is 0 Å². The largest absolute Gasteiger partial charge is 0.496 e. The van der Waals surface area contributed by atoms with Crippen LogP contribution in [0.15, 0.2) is 42.5 Å². The monoisotopic (exact) mass is 413 g/mol. The number of carboxylic acids is 1. The molecule has 0 bridgehead atoms. The van der Waals surface area contributed by atoms with Gasteiger partial charge in [0.1, 0.15) is 11.6 Å². The van der Waals surface area contributed by atoms with Gasteiger partial charge in [0.25, 0.3) is 5.91 Å². The molecule has 0 saturated heterocycles. The molecular formula is C23H24FNO5. The Kier molecular flexibility index (Phi) is 8.39. The normalized spacial score (nSPS) is 11.4. The first-order chi connectivity index (χ1) is 14.3. The van der Waals surface area contributed by atoms with Gasteiger partial charge in [-0.3, -0.25) is 4.79 Å². The molecule has 0 aliphatic rings. The van der Waals surface area contributed by atoms with E-state index in [0.717, 1.165) is 5.56 Å². The number of halogens is 1. The summed E-state index contributed by atoms with van der Waals surface area (Å²) in [4.78, 5) is 23.5. The van der Waals surface area contributed by atoms with Crippen molar-refractivity contribution < 1.29 is 28.6 Å². The lowest BCUT2D eigenvalue weighted by Crippen LogP contribution is -2.29. The molecule has 1 unspecified atom stereocenters. The van der Waals surface area contributed by atoms with E-state index < -0.39 is 18.0 Å². The van der Waals surface area contributed by atoms with Crippen molar-refractivity contribution in [2.75, 3.05) is 7.11 Å². The maximum Gasteiger partial charge on any atom is 0.333 e. The number of aliphatic carboxylic acids is 1. The second-order valence-corrected chi connectivity index (χ2v) is 6.80. The molecule has 0 radical (unpaired) electrons. The molecule has 0 aliphatic carbocycles. The van der Waals surface area contributed by atoms with Crippen molar-refractivity contribution in [3.8, 4) is 17.6 Å². The fraction of sp³-hybridized carbons (Fsp3) is 0.304. The van der Waals surface area contributed by atoms with E-state index in [1.807, 2.05) is 0 Å². The Balaban J connectivity index is 2.07. The van der Waals surface area contributed by atoms with Crippen LogP contribution in [-0.4, -0.2) is 36.3 Å². The number of carbonyl (C=O) groups excluding carboxylic acids is 1. The van der Waals surface area contributed by atoms with Crippen LogP contribution in [0.3, 0.4) is 0 Å². The van der Waals surface area contributed by atoms with Crippen molar-refractivity contribution >= 4 is 11.9 Å². The topological polar surface area (TPSA) is 84.9 Å². The van der Waals surface area contributed by atoms with Crippen molar-refractivity contribution in [1.29, 1.82) is 0 Å². The van der Waals surface area contributed by atoms with Crippen LogP contribution in [0, 0.1) is 17.7 Å². The SMILES string of the molecule is COc1ccc(CC(OC(C)C)C(=O)O)cc1CNC(=O)C#Cc1ccc(F)cc1. The zero-order valence-electron chi connectivity index (χ0n) is 17.1. The summed E-state index contributed by atoms with van der Waals surface area (Å²) in [7, 11) is 1.51. The Bertz CT molecular complexity index is 944. The Hall–Kier alpha value is -3.37. The van der Waals surface area contributed by atoms with Crippen LogP contribution < -0.4 is 10.1 Å². The number of methoxy groups -OCH3 is 1. The van der Waals surface area contributed by atoms with E-state index in [9.17, 15) is 19.1 Å². The molecule has 2 aromatic rings. The molecule has 158 valence electrons. The summed E-state index contributed by atoms with van der Waals surface area (Å²) in [6.07, 6.45) is -1.01. The molecule has 2 rings (SSSR count). The summed E-state index contributed by atoms with van der Waals surface area (Å²) in [5.41, 5.74) is 1.95. The Morgan fingerprint density at radius 2 is 1.87 bits per heavy atom. The lowest BCUT2D eigenvalue weighted by atomic mass is 10.0. The zero-order chi connectivity index (χ0) is 22.1. The molecule has 6 nitrogen and oxygen atoms in total.